The Bertz CT molecular complexity index is 895. The van der Waals surface area contributed by atoms with E-state index in [0.717, 1.165) is 28.3 Å². The highest BCUT2D eigenvalue weighted by Crippen LogP contribution is 2.26. The van der Waals surface area contributed by atoms with Gasteiger partial charge in [-0.2, -0.15) is 0 Å². The zero-order valence-corrected chi connectivity index (χ0v) is 14.1. The number of alkyl halides is 3. The van der Waals surface area contributed by atoms with Crippen LogP contribution in [0, 0.1) is 0 Å². The van der Waals surface area contributed by atoms with E-state index < -0.39 is 18.0 Å². The Morgan fingerprint density at radius 2 is 2.00 bits per heavy atom. The number of carbonyl (C=O) groups is 1. The van der Waals surface area contributed by atoms with E-state index in [1.807, 2.05) is 23.6 Å². The summed E-state index contributed by atoms with van der Waals surface area (Å²) < 4.78 is 40.7. The van der Waals surface area contributed by atoms with Gasteiger partial charge in [-0.25, -0.2) is 0 Å². The minimum atomic E-state index is -4.81. The van der Waals surface area contributed by atoms with Crippen molar-refractivity contribution in [3.8, 4) is 16.3 Å². The summed E-state index contributed by atoms with van der Waals surface area (Å²) in [6.45, 7) is 0.199. The molecular weight excluding hydrogens is 365 g/mol. The summed E-state index contributed by atoms with van der Waals surface area (Å²) in [4.78, 5) is 17.6. The maximum absolute atomic E-state index is 12.3. The van der Waals surface area contributed by atoms with E-state index in [0.29, 0.717) is 0 Å². The van der Waals surface area contributed by atoms with Gasteiger partial charge in [0.05, 0.1) is 10.6 Å². The van der Waals surface area contributed by atoms with Gasteiger partial charge in [-0.1, -0.05) is 18.2 Å². The van der Waals surface area contributed by atoms with Crippen LogP contribution in [-0.4, -0.2) is 17.3 Å². The third kappa shape index (κ3) is 4.60. The first-order chi connectivity index (χ1) is 12.4. The van der Waals surface area contributed by atoms with Gasteiger partial charge in [0, 0.05) is 18.3 Å². The summed E-state index contributed by atoms with van der Waals surface area (Å²) >= 11 is 1.53. The zero-order chi connectivity index (χ0) is 18.6. The van der Waals surface area contributed by atoms with Gasteiger partial charge in [0.2, 0.25) is 0 Å². The number of halogens is 3. The number of thiophene rings is 1. The van der Waals surface area contributed by atoms with Gasteiger partial charge in [-0.05, 0) is 41.3 Å². The second-order valence-electron chi connectivity index (χ2n) is 5.25. The van der Waals surface area contributed by atoms with Crippen LogP contribution in [0.1, 0.15) is 15.9 Å². The number of benzene rings is 1. The molecule has 1 N–H and O–H groups in total. The smallest absolute Gasteiger partial charge is 0.406 e. The Hall–Kier alpha value is -2.87. The molecule has 134 valence electrons. The first-order valence-corrected chi connectivity index (χ1v) is 8.42. The van der Waals surface area contributed by atoms with Crippen molar-refractivity contribution in [2.24, 2.45) is 0 Å². The van der Waals surface area contributed by atoms with Crippen LogP contribution in [0.5, 0.6) is 5.75 Å². The number of amides is 1. The monoisotopic (exact) mass is 378 g/mol. The van der Waals surface area contributed by atoms with E-state index >= 15 is 0 Å². The highest BCUT2D eigenvalue weighted by atomic mass is 32.1. The molecule has 0 saturated carbocycles. The molecule has 1 amide bonds. The molecular formula is C18H13F3N2O2S. The summed E-state index contributed by atoms with van der Waals surface area (Å²) in [5.74, 6) is -0.940. The van der Waals surface area contributed by atoms with E-state index in [-0.39, 0.29) is 12.1 Å². The first-order valence-electron chi connectivity index (χ1n) is 7.54. The third-order valence-corrected chi connectivity index (χ3v) is 4.29. The number of hydrogen-bond acceptors (Lipinski definition) is 4. The molecule has 0 aliphatic carbocycles. The Morgan fingerprint density at radius 3 is 2.73 bits per heavy atom. The molecule has 8 heteroatoms. The number of ether oxygens (including phenoxy) is 1. The molecule has 2 aromatic heterocycles. The topological polar surface area (TPSA) is 51.2 Å². The number of hydrogen-bond donors (Lipinski definition) is 1. The van der Waals surface area contributed by atoms with E-state index in [2.05, 4.69) is 15.0 Å². The number of nitrogens with one attached hydrogen (secondary N) is 1. The van der Waals surface area contributed by atoms with Crippen molar-refractivity contribution in [2.75, 3.05) is 0 Å². The van der Waals surface area contributed by atoms with Crippen molar-refractivity contribution in [3.63, 3.8) is 0 Å². The molecule has 0 spiro atoms. The molecule has 0 atom stereocenters. The Labute approximate surface area is 151 Å². The van der Waals surface area contributed by atoms with Gasteiger partial charge in [0.15, 0.2) is 0 Å². The van der Waals surface area contributed by atoms with Crippen molar-refractivity contribution in [3.05, 3.63) is 71.2 Å². The quantitative estimate of drug-likeness (QED) is 0.704. The fourth-order valence-corrected chi connectivity index (χ4v) is 3.08. The average Bonchev–Trinajstić information content (AvgIpc) is 3.13. The molecule has 0 radical (unpaired) electrons. The molecule has 2 heterocycles. The number of nitrogens with zero attached hydrogens (tertiary/aromatic N) is 1. The van der Waals surface area contributed by atoms with Crippen LogP contribution < -0.4 is 10.1 Å². The van der Waals surface area contributed by atoms with E-state index in [1.54, 1.807) is 12.3 Å². The van der Waals surface area contributed by atoms with Crippen molar-refractivity contribution >= 4 is 17.2 Å². The highest BCUT2D eigenvalue weighted by molar-refractivity contribution is 7.13. The predicted molar refractivity (Wildman–Crippen MR) is 91.8 cm³/mol. The Kier molecular flexibility index (Phi) is 5.22. The molecule has 3 aromatic rings. The normalized spacial score (nSPS) is 11.2. The Balaban J connectivity index is 1.71. The van der Waals surface area contributed by atoms with Crippen LogP contribution in [-0.2, 0) is 6.54 Å². The molecule has 4 nitrogen and oxygen atoms in total. The number of carbonyl (C=O) groups excluding carboxylic acids is 1. The van der Waals surface area contributed by atoms with Gasteiger partial charge < -0.3 is 10.1 Å². The van der Waals surface area contributed by atoms with Crippen LogP contribution >= 0.6 is 11.3 Å². The lowest BCUT2D eigenvalue weighted by Gasteiger charge is -2.11. The molecule has 0 unspecified atom stereocenters. The molecule has 0 bridgehead atoms. The average molecular weight is 378 g/mol. The molecule has 3 rings (SSSR count). The summed E-state index contributed by atoms with van der Waals surface area (Å²) in [5, 5.41) is 4.63. The van der Waals surface area contributed by atoms with Crippen LogP contribution in [0.2, 0.25) is 0 Å². The van der Waals surface area contributed by atoms with Crippen molar-refractivity contribution in [2.45, 2.75) is 12.9 Å². The van der Waals surface area contributed by atoms with Gasteiger partial charge in [-0.3, -0.25) is 9.78 Å². The van der Waals surface area contributed by atoms with Crippen LogP contribution in [0.15, 0.2) is 60.1 Å². The lowest BCUT2D eigenvalue weighted by Crippen LogP contribution is -2.23. The minimum absolute atomic E-state index is 0.0771. The molecule has 1 aromatic carbocycles. The van der Waals surface area contributed by atoms with Crippen molar-refractivity contribution in [1.29, 1.82) is 0 Å². The zero-order valence-electron chi connectivity index (χ0n) is 13.3. The highest BCUT2D eigenvalue weighted by Gasteiger charge is 2.31. The largest absolute Gasteiger partial charge is 0.573 e. The van der Waals surface area contributed by atoms with Crippen molar-refractivity contribution in [1.82, 2.24) is 10.3 Å². The summed E-state index contributed by atoms with van der Waals surface area (Å²) in [6.07, 6.45) is -3.14. The maximum Gasteiger partial charge on any atom is 0.573 e. The SMILES string of the molecule is O=C(NCc1cccnc1-c1cccs1)c1cccc(OC(F)(F)F)c1. The fourth-order valence-electron chi connectivity index (χ4n) is 2.33. The maximum atomic E-state index is 12.3. The van der Waals surface area contributed by atoms with Gasteiger partial charge in [0.25, 0.3) is 5.91 Å². The Morgan fingerprint density at radius 1 is 1.15 bits per heavy atom. The van der Waals surface area contributed by atoms with Crippen LogP contribution in [0.3, 0.4) is 0 Å². The standard InChI is InChI=1S/C18H13F3N2O2S/c19-18(20,21)25-14-6-1-4-12(10-14)17(24)23-11-13-5-2-8-22-16(13)15-7-3-9-26-15/h1-10H,11H2,(H,23,24). The molecule has 26 heavy (non-hydrogen) atoms. The van der Waals surface area contributed by atoms with E-state index in [4.69, 9.17) is 0 Å². The molecule has 0 fully saturated rings. The second kappa shape index (κ2) is 7.57. The summed E-state index contributed by atoms with van der Waals surface area (Å²) in [6, 6.07) is 12.4. The molecule has 0 aliphatic rings. The second-order valence-corrected chi connectivity index (χ2v) is 6.19. The van der Waals surface area contributed by atoms with E-state index in [1.165, 1.54) is 23.5 Å². The van der Waals surface area contributed by atoms with Gasteiger partial charge >= 0.3 is 6.36 Å². The molecule has 0 saturated heterocycles. The number of rotatable bonds is 5. The number of aromatic nitrogens is 1. The predicted octanol–water partition coefficient (Wildman–Crippen LogP) is 4.64. The minimum Gasteiger partial charge on any atom is -0.406 e. The fraction of sp³-hybridized carbons (Fsp3) is 0.111. The third-order valence-electron chi connectivity index (χ3n) is 3.42. The number of pyridine rings is 1. The summed E-state index contributed by atoms with van der Waals surface area (Å²) in [7, 11) is 0. The lowest BCUT2D eigenvalue weighted by atomic mass is 10.1. The lowest BCUT2D eigenvalue weighted by molar-refractivity contribution is -0.274. The molecule has 0 aliphatic heterocycles. The van der Waals surface area contributed by atoms with Crippen LogP contribution in [0.25, 0.3) is 10.6 Å². The van der Waals surface area contributed by atoms with E-state index in [9.17, 15) is 18.0 Å². The van der Waals surface area contributed by atoms with Gasteiger partial charge in [0.1, 0.15) is 5.75 Å². The van der Waals surface area contributed by atoms with Crippen LogP contribution in [0.4, 0.5) is 13.2 Å². The first kappa shape index (κ1) is 17.9. The van der Waals surface area contributed by atoms with Crippen molar-refractivity contribution < 1.29 is 22.7 Å². The van der Waals surface area contributed by atoms with Gasteiger partial charge in [-0.15, -0.1) is 24.5 Å². The summed E-state index contributed by atoms with van der Waals surface area (Å²) in [5.41, 5.74) is 1.65.